The summed E-state index contributed by atoms with van der Waals surface area (Å²) in [4.78, 5) is 15.5. The van der Waals surface area contributed by atoms with Crippen LogP contribution < -0.4 is 5.32 Å². The van der Waals surface area contributed by atoms with E-state index < -0.39 is 0 Å². The third-order valence-corrected chi connectivity index (χ3v) is 5.50. The molecular weight excluding hydrogens is 394 g/mol. The van der Waals surface area contributed by atoms with E-state index in [-0.39, 0.29) is 11.7 Å². The highest BCUT2D eigenvalue weighted by atomic mass is 35.5. The third kappa shape index (κ3) is 4.21. The maximum Gasteiger partial charge on any atom is 0.230 e. The minimum Gasteiger partial charge on any atom is -0.361 e. The molecule has 1 amide bonds. The molecule has 0 aliphatic carbocycles. The number of rotatable bonds is 7. The number of nitrogens with one attached hydrogen (secondary N) is 2. The van der Waals surface area contributed by atoms with Crippen LogP contribution in [-0.2, 0) is 11.2 Å². The number of thioether (sulfide) groups is 1. The second kappa shape index (κ2) is 8.50. The Balaban J connectivity index is 1.30. The predicted molar refractivity (Wildman–Crippen MR) is 112 cm³/mol. The summed E-state index contributed by atoms with van der Waals surface area (Å²) in [6.45, 7) is 0.586. The van der Waals surface area contributed by atoms with Gasteiger partial charge in [-0.2, -0.15) is 0 Å². The molecule has 0 bridgehead atoms. The minimum absolute atomic E-state index is 0.0366. The molecule has 0 saturated heterocycles. The molecule has 2 heterocycles. The van der Waals surface area contributed by atoms with Crippen molar-refractivity contribution in [1.29, 1.82) is 0 Å². The van der Waals surface area contributed by atoms with Gasteiger partial charge >= 0.3 is 0 Å². The molecule has 0 radical (unpaired) electrons. The maximum atomic E-state index is 12.2. The van der Waals surface area contributed by atoms with Gasteiger partial charge in [0.2, 0.25) is 5.91 Å². The lowest BCUT2D eigenvalue weighted by Crippen LogP contribution is -2.27. The van der Waals surface area contributed by atoms with Crippen LogP contribution in [0.3, 0.4) is 0 Å². The van der Waals surface area contributed by atoms with Gasteiger partial charge in [-0.25, -0.2) is 0 Å². The fourth-order valence-corrected chi connectivity index (χ4v) is 3.93. The number of carbonyl (C=O) groups excluding carboxylic acids is 1. The second-order valence-electron chi connectivity index (χ2n) is 6.21. The van der Waals surface area contributed by atoms with E-state index in [4.69, 9.17) is 11.6 Å². The van der Waals surface area contributed by atoms with Crippen molar-refractivity contribution >= 4 is 40.2 Å². The van der Waals surface area contributed by atoms with Crippen molar-refractivity contribution in [1.82, 2.24) is 25.1 Å². The van der Waals surface area contributed by atoms with Crippen LogP contribution in [0.2, 0.25) is 5.02 Å². The zero-order valence-electron chi connectivity index (χ0n) is 14.9. The Labute approximate surface area is 171 Å². The fraction of sp³-hybridized carbons (Fsp3) is 0.150. The maximum absolute atomic E-state index is 12.2. The standard InChI is InChI=1S/C20H18ClN5OS/c21-15-4-3-5-16(10-15)26-13-24-25-20(26)28-12-19(27)22-9-8-14-11-23-18-7-2-1-6-17(14)18/h1-7,10-11,13,23H,8-9,12H2,(H,22,27). The van der Waals surface area contributed by atoms with Crippen LogP contribution in [0.15, 0.2) is 66.2 Å². The highest BCUT2D eigenvalue weighted by Crippen LogP contribution is 2.21. The minimum atomic E-state index is -0.0366. The Bertz CT molecular complexity index is 1110. The van der Waals surface area contributed by atoms with Crippen LogP contribution in [0.4, 0.5) is 0 Å². The lowest BCUT2D eigenvalue weighted by molar-refractivity contribution is -0.118. The van der Waals surface area contributed by atoms with E-state index in [2.05, 4.69) is 26.6 Å². The molecule has 0 spiro atoms. The number of nitrogens with zero attached hydrogens (tertiary/aromatic N) is 3. The van der Waals surface area contributed by atoms with E-state index in [1.807, 2.05) is 53.2 Å². The van der Waals surface area contributed by atoms with Crippen molar-refractivity contribution < 1.29 is 4.79 Å². The lowest BCUT2D eigenvalue weighted by Gasteiger charge is -2.07. The Hall–Kier alpha value is -2.77. The van der Waals surface area contributed by atoms with Gasteiger partial charge in [0.15, 0.2) is 5.16 Å². The number of carbonyl (C=O) groups is 1. The molecule has 0 aliphatic rings. The first-order valence-electron chi connectivity index (χ1n) is 8.81. The summed E-state index contributed by atoms with van der Waals surface area (Å²) in [5.41, 5.74) is 3.17. The van der Waals surface area contributed by atoms with Crippen LogP contribution in [-0.4, -0.2) is 38.0 Å². The van der Waals surface area contributed by atoms with E-state index in [1.165, 1.54) is 22.7 Å². The number of benzene rings is 2. The van der Waals surface area contributed by atoms with E-state index in [0.29, 0.717) is 16.7 Å². The van der Waals surface area contributed by atoms with E-state index in [1.54, 1.807) is 6.33 Å². The van der Waals surface area contributed by atoms with Gasteiger partial charge in [0.05, 0.1) is 11.4 Å². The molecule has 0 aliphatic heterocycles. The quantitative estimate of drug-likeness (QED) is 0.453. The smallest absolute Gasteiger partial charge is 0.230 e. The van der Waals surface area contributed by atoms with Gasteiger partial charge in [0.1, 0.15) is 6.33 Å². The second-order valence-corrected chi connectivity index (χ2v) is 7.59. The van der Waals surface area contributed by atoms with Gasteiger partial charge in [0, 0.05) is 28.7 Å². The summed E-state index contributed by atoms with van der Waals surface area (Å²) < 4.78 is 1.82. The van der Waals surface area contributed by atoms with Crippen molar-refractivity contribution in [3.05, 3.63) is 71.6 Å². The number of H-pyrrole nitrogens is 1. The first-order valence-corrected chi connectivity index (χ1v) is 10.2. The number of hydrogen-bond donors (Lipinski definition) is 2. The molecule has 142 valence electrons. The molecule has 0 unspecified atom stereocenters. The number of aromatic nitrogens is 4. The summed E-state index contributed by atoms with van der Waals surface area (Å²) in [5, 5.41) is 13.5. The first kappa shape index (κ1) is 18.6. The van der Waals surface area contributed by atoms with Crippen molar-refractivity contribution in [2.24, 2.45) is 0 Å². The van der Waals surface area contributed by atoms with Gasteiger partial charge in [-0.1, -0.05) is 47.6 Å². The zero-order valence-corrected chi connectivity index (χ0v) is 16.5. The molecule has 8 heteroatoms. The number of para-hydroxylation sites is 1. The third-order valence-electron chi connectivity index (χ3n) is 4.33. The Kier molecular flexibility index (Phi) is 5.64. The molecule has 2 N–H and O–H groups in total. The molecule has 4 rings (SSSR count). The predicted octanol–water partition coefficient (Wildman–Crippen LogP) is 3.85. The van der Waals surface area contributed by atoms with Crippen molar-refractivity contribution in [2.45, 2.75) is 11.6 Å². The molecular formula is C20H18ClN5OS. The Morgan fingerprint density at radius 3 is 3.00 bits per heavy atom. The molecule has 2 aromatic carbocycles. The summed E-state index contributed by atoms with van der Waals surface area (Å²) in [5.74, 6) is 0.234. The van der Waals surface area contributed by atoms with E-state index in [9.17, 15) is 4.79 Å². The number of halogens is 1. The molecule has 6 nitrogen and oxygen atoms in total. The van der Waals surface area contributed by atoms with Crippen LogP contribution in [0, 0.1) is 0 Å². The van der Waals surface area contributed by atoms with Crippen LogP contribution >= 0.6 is 23.4 Å². The molecule has 0 fully saturated rings. The number of amides is 1. The van der Waals surface area contributed by atoms with Gasteiger partial charge in [-0.3, -0.25) is 9.36 Å². The Morgan fingerprint density at radius 2 is 2.11 bits per heavy atom. The molecule has 0 atom stereocenters. The number of hydrogen-bond acceptors (Lipinski definition) is 4. The summed E-state index contributed by atoms with van der Waals surface area (Å²) in [7, 11) is 0. The fourth-order valence-electron chi connectivity index (χ4n) is 2.98. The SMILES string of the molecule is O=C(CSc1nncn1-c1cccc(Cl)c1)NCCc1c[nH]c2ccccc12. The van der Waals surface area contributed by atoms with E-state index >= 15 is 0 Å². The van der Waals surface area contributed by atoms with Crippen molar-refractivity contribution in [2.75, 3.05) is 12.3 Å². The highest BCUT2D eigenvalue weighted by molar-refractivity contribution is 7.99. The highest BCUT2D eigenvalue weighted by Gasteiger charge is 2.11. The lowest BCUT2D eigenvalue weighted by atomic mass is 10.1. The van der Waals surface area contributed by atoms with Gasteiger partial charge in [-0.15, -0.1) is 10.2 Å². The average Bonchev–Trinajstić information content (AvgIpc) is 3.34. The van der Waals surface area contributed by atoms with Gasteiger partial charge < -0.3 is 10.3 Å². The van der Waals surface area contributed by atoms with Crippen LogP contribution in [0.25, 0.3) is 16.6 Å². The van der Waals surface area contributed by atoms with E-state index in [0.717, 1.165) is 17.6 Å². The van der Waals surface area contributed by atoms with Gasteiger partial charge in [-0.05, 0) is 36.2 Å². The molecule has 2 aromatic heterocycles. The van der Waals surface area contributed by atoms with Crippen molar-refractivity contribution in [3.63, 3.8) is 0 Å². The van der Waals surface area contributed by atoms with Gasteiger partial charge in [0.25, 0.3) is 0 Å². The first-order chi connectivity index (χ1) is 13.7. The topological polar surface area (TPSA) is 75.6 Å². The molecule has 0 saturated carbocycles. The average molecular weight is 412 g/mol. The zero-order chi connectivity index (χ0) is 19.3. The number of aromatic amines is 1. The molecule has 28 heavy (non-hydrogen) atoms. The van der Waals surface area contributed by atoms with Crippen molar-refractivity contribution in [3.8, 4) is 5.69 Å². The normalized spacial score (nSPS) is 11.0. The molecule has 4 aromatic rings. The monoisotopic (exact) mass is 411 g/mol. The van der Waals surface area contributed by atoms with Crippen LogP contribution in [0.5, 0.6) is 0 Å². The summed E-state index contributed by atoms with van der Waals surface area (Å²) in [6.07, 6.45) is 4.39. The largest absolute Gasteiger partial charge is 0.361 e. The van der Waals surface area contributed by atoms with Crippen LogP contribution in [0.1, 0.15) is 5.56 Å². The summed E-state index contributed by atoms with van der Waals surface area (Å²) in [6, 6.07) is 15.6. The number of fused-ring (bicyclic) bond motifs is 1. The summed E-state index contributed by atoms with van der Waals surface area (Å²) >= 11 is 7.39. The Morgan fingerprint density at radius 1 is 1.21 bits per heavy atom.